The van der Waals surface area contributed by atoms with Crippen LogP contribution in [0, 0.1) is 0 Å². The first kappa shape index (κ1) is 19.2. The normalized spacial score (nSPS) is 13.5. The molecule has 0 aliphatic carbocycles. The third-order valence-corrected chi connectivity index (χ3v) is 5.96. The predicted octanol–water partition coefficient (Wildman–Crippen LogP) is 5.48. The molecule has 158 valence electrons. The number of rotatable bonds is 0. The SMILES string of the molecule is C1=Cc2ccccc2N2C[n+]3c(ccc4ccccc43)N=C12.Nc1ccc2ccccc2n1. The maximum atomic E-state index is 5.51. The fraction of sp³-hybridized carbons (Fsp3) is 0.0357. The number of nitrogens with zero attached hydrogens (tertiary/aromatic N) is 4. The van der Waals surface area contributed by atoms with E-state index in [1.54, 1.807) is 0 Å². The predicted molar refractivity (Wildman–Crippen MR) is 135 cm³/mol. The maximum absolute atomic E-state index is 5.51. The van der Waals surface area contributed by atoms with Gasteiger partial charge in [0.05, 0.1) is 11.2 Å². The molecule has 2 aliphatic rings. The smallest absolute Gasteiger partial charge is 0.327 e. The Labute approximate surface area is 191 Å². The molecule has 0 saturated heterocycles. The van der Waals surface area contributed by atoms with Crippen molar-refractivity contribution >= 4 is 51.0 Å². The number of nitrogens with two attached hydrogens (primary N) is 1. The van der Waals surface area contributed by atoms with Crippen LogP contribution in [0.2, 0.25) is 0 Å². The zero-order valence-corrected chi connectivity index (χ0v) is 18.0. The second-order valence-electron chi connectivity index (χ2n) is 8.04. The largest absolute Gasteiger partial charge is 0.384 e. The Morgan fingerprint density at radius 1 is 0.727 bits per heavy atom. The van der Waals surface area contributed by atoms with Gasteiger partial charge in [-0.05, 0) is 53.0 Å². The van der Waals surface area contributed by atoms with Gasteiger partial charge in [-0.3, -0.25) is 4.90 Å². The molecular formula is C28H22N5+. The van der Waals surface area contributed by atoms with Crippen molar-refractivity contribution in [3.63, 3.8) is 0 Å². The van der Waals surface area contributed by atoms with Crippen molar-refractivity contribution in [1.82, 2.24) is 4.98 Å². The molecule has 7 rings (SSSR count). The van der Waals surface area contributed by atoms with Crippen LogP contribution < -0.4 is 15.2 Å². The maximum Gasteiger partial charge on any atom is 0.327 e. The van der Waals surface area contributed by atoms with Crippen LogP contribution in [0.3, 0.4) is 0 Å². The first-order valence-electron chi connectivity index (χ1n) is 10.9. The summed E-state index contributed by atoms with van der Waals surface area (Å²) in [5, 5.41) is 2.37. The summed E-state index contributed by atoms with van der Waals surface area (Å²) in [5.41, 5.74) is 10.1. The Balaban J connectivity index is 0.000000158. The van der Waals surface area contributed by atoms with Crippen LogP contribution in [-0.2, 0) is 6.67 Å². The lowest BCUT2D eigenvalue weighted by molar-refractivity contribution is -0.657. The van der Waals surface area contributed by atoms with Gasteiger partial charge < -0.3 is 5.73 Å². The second kappa shape index (κ2) is 7.88. The van der Waals surface area contributed by atoms with Crippen LogP contribution in [0.4, 0.5) is 17.3 Å². The number of fused-ring (bicyclic) bond motifs is 7. The highest BCUT2D eigenvalue weighted by Gasteiger charge is 2.30. The number of para-hydroxylation sites is 3. The molecule has 2 N–H and O–H groups in total. The van der Waals surface area contributed by atoms with Gasteiger partial charge in [-0.25, -0.2) is 9.55 Å². The summed E-state index contributed by atoms with van der Waals surface area (Å²) in [5.74, 6) is 2.59. The van der Waals surface area contributed by atoms with Crippen LogP contribution in [0.5, 0.6) is 0 Å². The van der Waals surface area contributed by atoms with Crippen molar-refractivity contribution in [3.8, 4) is 0 Å². The number of aromatic nitrogens is 2. The van der Waals surface area contributed by atoms with Crippen molar-refractivity contribution in [2.24, 2.45) is 4.99 Å². The lowest BCUT2D eigenvalue weighted by Gasteiger charge is -2.28. The number of benzene rings is 3. The molecule has 0 bridgehead atoms. The lowest BCUT2D eigenvalue weighted by Crippen LogP contribution is -2.50. The van der Waals surface area contributed by atoms with E-state index in [0.29, 0.717) is 5.82 Å². The van der Waals surface area contributed by atoms with Crippen molar-refractivity contribution in [2.45, 2.75) is 6.67 Å². The number of hydrogen-bond donors (Lipinski definition) is 1. The summed E-state index contributed by atoms with van der Waals surface area (Å²) in [4.78, 5) is 11.3. The number of anilines is 2. The Kier molecular flexibility index (Phi) is 4.58. The lowest BCUT2D eigenvalue weighted by atomic mass is 10.1. The average Bonchev–Trinajstić information content (AvgIpc) is 2.88. The zero-order chi connectivity index (χ0) is 22.2. The monoisotopic (exact) mass is 428 g/mol. The summed E-state index contributed by atoms with van der Waals surface area (Å²) >= 11 is 0. The van der Waals surface area contributed by atoms with Crippen LogP contribution in [0.15, 0.2) is 108 Å². The Morgan fingerprint density at radius 2 is 1.48 bits per heavy atom. The molecule has 0 fully saturated rings. The van der Waals surface area contributed by atoms with Gasteiger partial charge in [0.1, 0.15) is 11.3 Å². The molecule has 5 nitrogen and oxygen atoms in total. The van der Waals surface area contributed by atoms with Gasteiger partial charge >= 0.3 is 5.82 Å². The summed E-state index contributed by atoms with van der Waals surface area (Å²) in [6.45, 7) is 0.789. The van der Waals surface area contributed by atoms with Gasteiger partial charge in [0.15, 0.2) is 6.67 Å². The molecular weight excluding hydrogens is 406 g/mol. The van der Waals surface area contributed by atoms with Crippen LogP contribution in [-0.4, -0.2) is 10.8 Å². The highest BCUT2D eigenvalue weighted by molar-refractivity contribution is 6.12. The molecule has 2 aromatic heterocycles. The Hall–Kier alpha value is -4.51. The van der Waals surface area contributed by atoms with Gasteiger partial charge in [-0.2, -0.15) is 0 Å². The number of nitrogen functional groups attached to an aromatic ring is 1. The molecule has 0 radical (unpaired) electrons. The van der Waals surface area contributed by atoms with Crippen molar-refractivity contribution in [3.05, 3.63) is 109 Å². The molecule has 0 unspecified atom stereocenters. The van der Waals surface area contributed by atoms with E-state index in [1.165, 1.54) is 22.2 Å². The second-order valence-corrected chi connectivity index (χ2v) is 8.04. The number of aliphatic imine (C=N–C) groups is 1. The van der Waals surface area contributed by atoms with E-state index in [2.05, 4.69) is 87.3 Å². The summed E-state index contributed by atoms with van der Waals surface area (Å²) < 4.78 is 2.27. The molecule has 33 heavy (non-hydrogen) atoms. The molecule has 2 aliphatic heterocycles. The summed E-state index contributed by atoms with van der Waals surface area (Å²) in [6, 6.07) is 32.8. The first-order valence-corrected chi connectivity index (χ1v) is 10.9. The minimum Gasteiger partial charge on any atom is -0.384 e. The molecule has 3 aromatic carbocycles. The number of hydrogen-bond acceptors (Lipinski definition) is 4. The van der Waals surface area contributed by atoms with Gasteiger partial charge in [-0.15, -0.1) is 0 Å². The van der Waals surface area contributed by atoms with E-state index >= 15 is 0 Å². The van der Waals surface area contributed by atoms with Gasteiger partial charge in [0.2, 0.25) is 0 Å². The number of pyridine rings is 2. The third-order valence-electron chi connectivity index (χ3n) is 5.96. The average molecular weight is 429 g/mol. The van der Waals surface area contributed by atoms with E-state index in [-0.39, 0.29) is 0 Å². The quantitative estimate of drug-likeness (QED) is 0.332. The van der Waals surface area contributed by atoms with E-state index in [4.69, 9.17) is 10.7 Å². The zero-order valence-electron chi connectivity index (χ0n) is 18.0. The Morgan fingerprint density at radius 3 is 2.42 bits per heavy atom. The molecule has 4 heterocycles. The standard InChI is InChI=1S/C19H14N3.C9H8N2/c1-3-7-16-14(5-1)9-11-18-20-19-12-10-15-6-2-4-8-17(15)22(19)13-21(16)18;10-9-6-5-7-3-1-2-4-8(7)11-9/h1-12H,13H2;1-6H,(H2,10,11)/q+1;. The van der Waals surface area contributed by atoms with Crippen LogP contribution in [0.25, 0.3) is 27.9 Å². The van der Waals surface area contributed by atoms with Crippen LogP contribution >= 0.6 is 0 Å². The van der Waals surface area contributed by atoms with E-state index in [1.807, 2.05) is 36.4 Å². The van der Waals surface area contributed by atoms with Crippen LogP contribution in [0.1, 0.15) is 5.56 Å². The van der Waals surface area contributed by atoms with Gasteiger partial charge in [0, 0.05) is 22.9 Å². The van der Waals surface area contributed by atoms with E-state index in [9.17, 15) is 0 Å². The van der Waals surface area contributed by atoms with Crippen molar-refractivity contribution < 1.29 is 4.57 Å². The van der Waals surface area contributed by atoms with E-state index in [0.717, 1.165) is 29.2 Å². The first-order chi connectivity index (χ1) is 16.3. The minimum atomic E-state index is 0.573. The summed E-state index contributed by atoms with van der Waals surface area (Å²) in [7, 11) is 0. The van der Waals surface area contributed by atoms with Crippen molar-refractivity contribution in [2.75, 3.05) is 10.6 Å². The highest BCUT2D eigenvalue weighted by Crippen LogP contribution is 2.30. The topological polar surface area (TPSA) is 58.4 Å². The minimum absolute atomic E-state index is 0.573. The molecule has 0 amide bonds. The molecule has 0 spiro atoms. The van der Waals surface area contributed by atoms with E-state index < -0.39 is 0 Å². The fourth-order valence-corrected chi connectivity index (χ4v) is 4.34. The molecule has 0 atom stereocenters. The molecule has 0 saturated carbocycles. The molecule has 5 aromatic rings. The van der Waals surface area contributed by atoms with Gasteiger partial charge in [-0.1, -0.05) is 54.6 Å². The van der Waals surface area contributed by atoms with Gasteiger partial charge in [0.25, 0.3) is 5.84 Å². The Bertz CT molecular complexity index is 1570. The molecule has 5 heteroatoms. The number of amidine groups is 1. The summed E-state index contributed by atoms with van der Waals surface area (Å²) in [6.07, 6.45) is 4.24. The van der Waals surface area contributed by atoms with Crippen molar-refractivity contribution in [1.29, 1.82) is 0 Å². The fourth-order valence-electron chi connectivity index (χ4n) is 4.34. The third kappa shape index (κ3) is 3.49. The highest BCUT2D eigenvalue weighted by atomic mass is 15.3.